The monoisotopic (exact) mass is 534 g/mol. The second-order valence-electron chi connectivity index (χ2n) is 7.61. The summed E-state index contributed by atoms with van der Waals surface area (Å²) in [6, 6.07) is 2.88. The number of imidazole rings is 1. The number of aromatic amines is 1. The fraction of sp³-hybridized carbons (Fsp3) is 0.400. The highest BCUT2D eigenvalue weighted by atomic mass is 35.5. The summed E-state index contributed by atoms with van der Waals surface area (Å²) in [5, 5.41) is 10.8. The zero-order valence-electron chi connectivity index (χ0n) is 18.5. The van der Waals surface area contributed by atoms with Crippen LogP contribution in [0.5, 0.6) is 0 Å². The predicted molar refractivity (Wildman–Crippen MR) is 121 cm³/mol. The number of hydrogen-bond donors (Lipinski definition) is 2. The third-order valence-corrected chi connectivity index (χ3v) is 5.18. The number of rotatable bonds is 9. The molecule has 194 valence electrons. The van der Waals surface area contributed by atoms with Gasteiger partial charge in [0.2, 0.25) is 5.28 Å². The standard InChI is InChI=1S/C20H20ClF5N8O2/c21-18-29-15-16(30-18)33(7-1-5-20(24,25)26)19(36)34(17(15)35)8-2-6-28-32-14(31-27)10-11-9-12(22)3-4-13(11)23/h3-4,9H,1-2,5-8,10,27H2,(H,29,30). The summed E-state index contributed by atoms with van der Waals surface area (Å²) < 4.78 is 66.5. The molecule has 2 aromatic heterocycles. The Morgan fingerprint density at radius 2 is 1.86 bits per heavy atom. The van der Waals surface area contributed by atoms with E-state index in [1.807, 2.05) is 0 Å². The van der Waals surface area contributed by atoms with E-state index in [-0.39, 0.29) is 60.3 Å². The van der Waals surface area contributed by atoms with E-state index in [0.717, 1.165) is 27.3 Å². The molecule has 2 heterocycles. The number of nitrogens with zero attached hydrogens (tertiary/aromatic N) is 6. The van der Waals surface area contributed by atoms with Crippen molar-refractivity contribution < 1.29 is 22.0 Å². The van der Waals surface area contributed by atoms with E-state index >= 15 is 0 Å². The van der Waals surface area contributed by atoms with Crippen molar-refractivity contribution in [3.8, 4) is 0 Å². The molecule has 16 heteroatoms. The number of hydrogen-bond acceptors (Lipinski definition) is 6. The van der Waals surface area contributed by atoms with E-state index < -0.39 is 41.9 Å². The van der Waals surface area contributed by atoms with E-state index in [1.54, 1.807) is 0 Å². The molecule has 0 aliphatic rings. The minimum atomic E-state index is -4.41. The molecule has 3 aromatic rings. The van der Waals surface area contributed by atoms with Crippen molar-refractivity contribution in [2.24, 2.45) is 21.2 Å². The zero-order valence-corrected chi connectivity index (χ0v) is 19.3. The number of alkyl halides is 3. The lowest BCUT2D eigenvalue weighted by Gasteiger charge is -2.11. The third-order valence-electron chi connectivity index (χ3n) is 5.01. The van der Waals surface area contributed by atoms with Crippen molar-refractivity contribution in [3.63, 3.8) is 0 Å². The maximum atomic E-state index is 13.8. The summed E-state index contributed by atoms with van der Waals surface area (Å²) in [6.07, 6.45) is -6.02. The van der Waals surface area contributed by atoms with Gasteiger partial charge in [0.05, 0.1) is 6.54 Å². The van der Waals surface area contributed by atoms with Gasteiger partial charge >= 0.3 is 11.9 Å². The summed E-state index contributed by atoms with van der Waals surface area (Å²) in [7, 11) is 0. The highest BCUT2D eigenvalue weighted by Gasteiger charge is 2.27. The molecule has 0 atom stereocenters. The van der Waals surface area contributed by atoms with Crippen LogP contribution in [-0.4, -0.2) is 37.7 Å². The average Bonchev–Trinajstić information content (AvgIpc) is 3.20. The van der Waals surface area contributed by atoms with Crippen molar-refractivity contribution in [3.05, 3.63) is 61.5 Å². The molecule has 0 fully saturated rings. The molecule has 36 heavy (non-hydrogen) atoms. The first-order valence-corrected chi connectivity index (χ1v) is 10.9. The molecule has 0 aliphatic heterocycles. The summed E-state index contributed by atoms with van der Waals surface area (Å²) in [4.78, 5) is 31.9. The number of H-pyrrole nitrogens is 1. The van der Waals surface area contributed by atoms with Crippen LogP contribution in [0.1, 0.15) is 24.8 Å². The molecule has 0 radical (unpaired) electrons. The van der Waals surface area contributed by atoms with E-state index in [9.17, 15) is 31.5 Å². The van der Waals surface area contributed by atoms with Gasteiger partial charge in [0, 0.05) is 25.9 Å². The van der Waals surface area contributed by atoms with Crippen LogP contribution < -0.4 is 17.1 Å². The second kappa shape index (κ2) is 11.4. The molecule has 0 bridgehead atoms. The number of aryl methyl sites for hydroxylation is 1. The van der Waals surface area contributed by atoms with Crippen molar-refractivity contribution in [2.75, 3.05) is 6.54 Å². The first-order chi connectivity index (χ1) is 17.0. The van der Waals surface area contributed by atoms with Crippen LogP contribution in [0, 0.1) is 11.6 Å². The third kappa shape index (κ3) is 6.74. The van der Waals surface area contributed by atoms with Crippen LogP contribution in [0.15, 0.2) is 43.1 Å². The SMILES string of the molecule is NN=C(Cc1cc(F)ccc1F)N=NCCCn1c(=O)c2[nH]c(Cl)nc2n(CCCC(F)(F)F)c1=O. The first-order valence-electron chi connectivity index (χ1n) is 10.5. The average molecular weight is 535 g/mol. The fourth-order valence-corrected chi connectivity index (χ4v) is 3.54. The Kier molecular flexibility index (Phi) is 8.55. The number of benzene rings is 1. The van der Waals surface area contributed by atoms with E-state index in [2.05, 4.69) is 25.3 Å². The van der Waals surface area contributed by atoms with Crippen molar-refractivity contribution >= 4 is 28.6 Å². The van der Waals surface area contributed by atoms with Gasteiger partial charge in [-0.1, -0.05) is 0 Å². The number of nitrogens with one attached hydrogen (secondary N) is 1. The Bertz CT molecular complexity index is 1410. The molecule has 3 rings (SSSR count). The first kappa shape index (κ1) is 27.0. The molecule has 0 aliphatic carbocycles. The Labute approximate surface area is 204 Å². The minimum Gasteiger partial charge on any atom is -0.323 e. The predicted octanol–water partition coefficient (Wildman–Crippen LogP) is 3.52. The van der Waals surface area contributed by atoms with Gasteiger partial charge < -0.3 is 10.8 Å². The number of azo groups is 1. The number of halogens is 6. The molecule has 0 spiro atoms. The Morgan fingerprint density at radius 3 is 2.56 bits per heavy atom. The van der Waals surface area contributed by atoms with Crippen LogP contribution >= 0.6 is 11.6 Å². The number of fused-ring (bicyclic) bond motifs is 1. The van der Waals surface area contributed by atoms with Gasteiger partial charge in [-0.15, -0.1) is 5.11 Å². The van der Waals surface area contributed by atoms with Gasteiger partial charge in [-0.2, -0.15) is 28.4 Å². The van der Waals surface area contributed by atoms with Gasteiger partial charge in [-0.25, -0.2) is 13.6 Å². The Morgan fingerprint density at radius 1 is 1.14 bits per heavy atom. The summed E-state index contributed by atoms with van der Waals surface area (Å²) in [5.41, 5.74) is -1.88. The number of aromatic nitrogens is 4. The topological polar surface area (TPSA) is 136 Å². The minimum absolute atomic E-state index is 0.00756. The fourth-order valence-electron chi connectivity index (χ4n) is 3.36. The summed E-state index contributed by atoms with van der Waals surface area (Å²) in [5.74, 6) is 3.82. The largest absolute Gasteiger partial charge is 0.389 e. The molecule has 0 amide bonds. The van der Waals surface area contributed by atoms with Crippen LogP contribution in [0.4, 0.5) is 22.0 Å². The lowest BCUT2D eigenvalue weighted by atomic mass is 10.1. The zero-order chi connectivity index (χ0) is 26.5. The van der Waals surface area contributed by atoms with Crippen LogP contribution in [-0.2, 0) is 19.5 Å². The lowest BCUT2D eigenvalue weighted by Crippen LogP contribution is -2.40. The highest BCUT2D eigenvalue weighted by molar-refractivity contribution is 6.28. The van der Waals surface area contributed by atoms with Crippen LogP contribution in [0.2, 0.25) is 5.28 Å². The normalized spacial score (nSPS) is 12.8. The van der Waals surface area contributed by atoms with Gasteiger partial charge in [0.1, 0.15) is 11.6 Å². The maximum absolute atomic E-state index is 13.8. The van der Waals surface area contributed by atoms with Gasteiger partial charge in [0.25, 0.3) is 5.56 Å². The second-order valence-corrected chi connectivity index (χ2v) is 7.97. The smallest absolute Gasteiger partial charge is 0.323 e. The van der Waals surface area contributed by atoms with Gasteiger partial charge in [-0.3, -0.25) is 13.9 Å². The van der Waals surface area contributed by atoms with Crippen molar-refractivity contribution in [1.82, 2.24) is 19.1 Å². The Balaban J connectivity index is 1.71. The van der Waals surface area contributed by atoms with Gasteiger partial charge in [0.15, 0.2) is 17.0 Å². The number of amidine groups is 1. The molecular formula is C20H20ClF5N8O2. The molecule has 10 nitrogen and oxygen atoms in total. The van der Waals surface area contributed by atoms with Gasteiger partial charge in [-0.05, 0) is 48.2 Å². The molecule has 3 N–H and O–H groups in total. The van der Waals surface area contributed by atoms with E-state index in [1.165, 1.54) is 0 Å². The molecule has 0 saturated heterocycles. The maximum Gasteiger partial charge on any atom is 0.389 e. The Hall–Kier alpha value is -3.62. The van der Waals surface area contributed by atoms with Crippen LogP contribution in [0.3, 0.4) is 0 Å². The molecule has 0 unspecified atom stereocenters. The number of nitrogens with two attached hydrogens (primary N) is 1. The lowest BCUT2D eigenvalue weighted by molar-refractivity contribution is -0.135. The molecule has 0 saturated carbocycles. The highest BCUT2D eigenvalue weighted by Crippen LogP contribution is 2.22. The van der Waals surface area contributed by atoms with E-state index in [0.29, 0.717) is 0 Å². The quantitative estimate of drug-likeness (QED) is 0.0634. The summed E-state index contributed by atoms with van der Waals surface area (Å²) in [6.45, 7) is -0.481. The summed E-state index contributed by atoms with van der Waals surface area (Å²) >= 11 is 5.80. The van der Waals surface area contributed by atoms with Crippen LogP contribution in [0.25, 0.3) is 11.2 Å². The van der Waals surface area contributed by atoms with Crippen molar-refractivity contribution in [2.45, 2.75) is 44.9 Å². The number of hydrazone groups is 1. The molecule has 1 aromatic carbocycles. The van der Waals surface area contributed by atoms with E-state index in [4.69, 9.17) is 17.4 Å². The molecular weight excluding hydrogens is 515 g/mol. The van der Waals surface area contributed by atoms with Crippen molar-refractivity contribution in [1.29, 1.82) is 0 Å².